The maximum atomic E-state index is 11.8. The molecule has 0 aromatic rings. The Labute approximate surface area is 590 Å². The smallest absolute Gasteiger partial charge is 0.409 e. The molecular weight excluding hydrogens is 1160 g/mol. The number of hydrogen-bond donors (Lipinski definition) is 2. The van der Waals surface area contributed by atoms with Gasteiger partial charge in [0.2, 0.25) is 18.0 Å². The molecule has 0 spiro atoms. The lowest BCUT2D eigenvalue weighted by atomic mass is 10.0. The van der Waals surface area contributed by atoms with Crippen LogP contribution in [0.3, 0.4) is 0 Å². The Morgan fingerprint density at radius 3 is 0.553 bits per heavy atom. The average molecular weight is 1330 g/mol. The van der Waals surface area contributed by atoms with E-state index in [-0.39, 0.29) is 19.4 Å². The normalized spacial score (nSPS) is 12.3. The fraction of sp³-hybridized carbons (Fsp3) is 0.953. The Morgan fingerprint density at radius 2 is 0.415 bits per heavy atom. The molecule has 1 atom stereocenters. The summed E-state index contributed by atoms with van der Waals surface area (Å²) in [4.78, 5) is 47.1. The number of rotatable bonds is 72. The van der Waals surface area contributed by atoms with Crippen molar-refractivity contribution in [3.63, 3.8) is 0 Å². The third-order valence-electron chi connectivity index (χ3n) is 19.7. The summed E-state index contributed by atoms with van der Waals surface area (Å²) in [7, 11) is 0. The summed E-state index contributed by atoms with van der Waals surface area (Å²) in [6, 6.07) is 0. The monoisotopic (exact) mass is 1330 g/mol. The number of likely N-dealkylation sites (tertiary alicyclic amines) is 1. The first-order valence-electron chi connectivity index (χ1n) is 43.2. The van der Waals surface area contributed by atoms with Crippen LogP contribution in [0.5, 0.6) is 0 Å². The minimum atomic E-state index is -1.72. The van der Waals surface area contributed by atoms with Gasteiger partial charge in [-0.05, 0) is 6.42 Å². The molecule has 1 aliphatic rings. The molecule has 1 unspecified atom stereocenters. The number of nitrogens with one attached hydrogen (secondary N) is 1. The lowest BCUT2D eigenvalue weighted by molar-refractivity contribution is -0.155. The summed E-state index contributed by atoms with van der Waals surface area (Å²) in [6.07, 6.45) is 98.1. The van der Waals surface area contributed by atoms with Crippen LogP contribution < -0.4 is 5.32 Å². The van der Waals surface area contributed by atoms with Crippen molar-refractivity contribution in [3.8, 4) is 0 Å². The van der Waals surface area contributed by atoms with Gasteiger partial charge in [0.1, 0.15) is 0 Å². The Bertz CT molecular complexity index is 1340. The number of unbranched alkanes of at least 4 members (excludes halogenated alkanes) is 67. The molecule has 0 radical (unpaired) electrons. The molecule has 1 saturated heterocycles. The number of imide groups is 1. The lowest BCUT2D eigenvalue weighted by Gasteiger charge is -2.22. The molecule has 1 rings (SSSR count). The van der Waals surface area contributed by atoms with Gasteiger partial charge in [-0.15, -0.1) is 0 Å². The highest BCUT2D eigenvalue weighted by Crippen LogP contribution is 2.20. The number of amides is 3. The number of hydrogen-bond acceptors (Lipinski definition) is 5. The topological polar surface area (TPSA) is 113 Å². The number of nitrogens with zero attached hydrogens (tertiary/aromatic N) is 1. The van der Waals surface area contributed by atoms with E-state index < -0.39 is 30.0 Å². The van der Waals surface area contributed by atoms with Crippen LogP contribution in [0.2, 0.25) is 0 Å². The first-order chi connectivity index (χ1) is 46.2. The van der Waals surface area contributed by atoms with Crippen molar-refractivity contribution in [1.82, 2.24) is 10.2 Å². The van der Waals surface area contributed by atoms with E-state index in [0.717, 1.165) is 12.8 Å². The molecule has 0 bridgehead atoms. The first-order valence-corrected chi connectivity index (χ1v) is 43.2. The summed E-state index contributed by atoms with van der Waals surface area (Å²) < 4.78 is 5.00. The molecule has 1 fully saturated rings. The van der Waals surface area contributed by atoms with E-state index in [9.17, 15) is 24.3 Å². The highest BCUT2D eigenvalue weighted by molar-refractivity contribution is 6.05. The van der Waals surface area contributed by atoms with Crippen LogP contribution in [0, 0.1) is 0 Å². The second-order valence-electron chi connectivity index (χ2n) is 29.3. The number of aliphatic carboxylic acids is 1. The largest absolute Gasteiger partial charge is 0.478 e. The second-order valence-corrected chi connectivity index (χ2v) is 29.3. The van der Waals surface area contributed by atoms with Crippen molar-refractivity contribution in [2.45, 2.75) is 523 Å². The lowest BCUT2D eigenvalue weighted by Crippen LogP contribution is -2.55. The predicted molar refractivity (Wildman–Crippen MR) is 415 cm³/mol. The maximum absolute atomic E-state index is 11.8. The number of ether oxygens (including phenoxy) is 1. The Hall–Kier alpha value is -2.12. The molecule has 1 heterocycles. The molecular formula is C86H172N2O6. The van der Waals surface area contributed by atoms with Gasteiger partial charge in [-0.1, -0.05) is 498 Å². The number of carbonyl (C=O) groups excluding carboxylic acids is 3. The minimum Gasteiger partial charge on any atom is -0.478 e. The van der Waals surface area contributed by atoms with Crippen molar-refractivity contribution in [3.05, 3.63) is 0 Å². The van der Waals surface area contributed by atoms with Gasteiger partial charge in [0.25, 0.3) is 0 Å². The predicted octanol–water partition coefficient (Wildman–Crippen LogP) is 30.1. The Morgan fingerprint density at radius 1 is 0.277 bits per heavy atom. The fourth-order valence-electron chi connectivity index (χ4n) is 13.2. The molecule has 94 heavy (non-hydrogen) atoms. The van der Waals surface area contributed by atoms with Crippen LogP contribution >= 0.6 is 0 Å². The summed E-state index contributed by atoms with van der Waals surface area (Å²) in [6.45, 7) is 16.2. The molecule has 0 aliphatic carbocycles. The second kappa shape index (κ2) is 87.0. The van der Waals surface area contributed by atoms with Crippen LogP contribution in [0.15, 0.2) is 0 Å². The number of carboxylic acids is 1. The van der Waals surface area contributed by atoms with Crippen LogP contribution in [0.25, 0.3) is 0 Å². The van der Waals surface area contributed by atoms with Gasteiger partial charge in [-0.3, -0.25) is 19.8 Å². The molecule has 3 amide bonds. The highest BCUT2D eigenvalue weighted by Gasteiger charge is 2.40. The van der Waals surface area contributed by atoms with E-state index >= 15 is 0 Å². The minimum absolute atomic E-state index is 0.0432. The third-order valence-corrected chi connectivity index (χ3v) is 19.7. The van der Waals surface area contributed by atoms with Gasteiger partial charge in [0.15, 0.2) is 0 Å². The van der Waals surface area contributed by atoms with E-state index in [1.54, 1.807) is 0 Å². The summed E-state index contributed by atoms with van der Waals surface area (Å²) in [5.74, 6) is -2.69. The average Bonchev–Trinajstić information content (AvgIpc) is 1.69. The molecule has 562 valence electrons. The fourth-order valence-corrected chi connectivity index (χ4v) is 13.2. The molecule has 0 aromatic heterocycles. The molecule has 8 nitrogen and oxygen atoms in total. The molecule has 0 saturated carbocycles. The van der Waals surface area contributed by atoms with Crippen LogP contribution in [0.4, 0.5) is 4.79 Å². The van der Waals surface area contributed by atoms with E-state index in [4.69, 9.17) is 4.74 Å². The first kappa shape index (κ1) is 96.1. The van der Waals surface area contributed by atoms with Crippen molar-refractivity contribution in [2.24, 2.45) is 0 Å². The van der Waals surface area contributed by atoms with Crippen molar-refractivity contribution >= 4 is 23.9 Å². The zero-order valence-electron chi connectivity index (χ0n) is 65.3. The van der Waals surface area contributed by atoms with Gasteiger partial charge in [-0.25, -0.2) is 9.59 Å². The standard InChI is InChI=1S/C24H42N2O6.2C22H46.C18H38/c1-2-3-4-5-6-7-8-9-10-11-12-13-14-15-16-19-32-24(31)25-22(23(29)30)26-20(27)17-18-21(26)28;2*1-3-5-7-9-11-13-15-17-19-21-22-20-18-16-14-12-10-8-6-4-2;1-3-5-7-9-11-13-15-17-18-16-14-12-10-8-6-4-2/h22H,2-19H2,1H3,(H,25,31)(H,29,30);2*3-22H2,1-2H3;3-18H2,1-2H3. The van der Waals surface area contributed by atoms with Gasteiger partial charge in [0, 0.05) is 12.8 Å². The maximum Gasteiger partial charge on any atom is 0.409 e. The molecule has 0 aromatic carbocycles. The molecule has 2 N–H and O–H groups in total. The van der Waals surface area contributed by atoms with Crippen molar-refractivity contribution < 1.29 is 29.0 Å². The highest BCUT2D eigenvalue weighted by atomic mass is 16.5. The SMILES string of the molecule is CCCCCCCCCCCCCCCCCC.CCCCCCCCCCCCCCCCCCCCCC.CCCCCCCCCCCCCCCCCCCCCC.CCCCCCCCCCCCCCCCCOC(=O)NC(C(=O)O)N1C(=O)CCC1=O. The molecule has 8 heteroatoms. The van der Waals surface area contributed by atoms with E-state index in [1.807, 2.05) is 0 Å². The van der Waals surface area contributed by atoms with Crippen LogP contribution in [-0.4, -0.2) is 46.7 Å². The summed E-state index contributed by atoms with van der Waals surface area (Å²) in [5.41, 5.74) is 0. The van der Waals surface area contributed by atoms with E-state index in [1.165, 1.54) is 437 Å². The molecule has 1 aliphatic heterocycles. The van der Waals surface area contributed by atoms with Crippen molar-refractivity contribution in [1.29, 1.82) is 0 Å². The summed E-state index contributed by atoms with van der Waals surface area (Å²) >= 11 is 0. The Balaban J connectivity index is -0.00000120. The van der Waals surface area contributed by atoms with Gasteiger partial charge in [0.05, 0.1) is 6.61 Å². The zero-order valence-corrected chi connectivity index (χ0v) is 65.3. The van der Waals surface area contributed by atoms with E-state index in [2.05, 4.69) is 53.8 Å². The van der Waals surface area contributed by atoms with Gasteiger partial charge >= 0.3 is 12.1 Å². The third kappa shape index (κ3) is 80.6. The Kier molecular flexibility index (Phi) is 88.9. The van der Waals surface area contributed by atoms with Gasteiger partial charge in [-0.2, -0.15) is 0 Å². The number of carbonyl (C=O) groups is 4. The van der Waals surface area contributed by atoms with Crippen molar-refractivity contribution in [2.75, 3.05) is 6.61 Å². The number of carboxylic acid groups (broad SMARTS) is 1. The zero-order chi connectivity index (χ0) is 69.2. The van der Waals surface area contributed by atoms with Gasteiger partial charge < -0.3 is 9.84 Å². The van der Waals surface area contributed by atoms with Crippen LogP contribution in [-0.2, 0) is 19.1 Å². The quantitative estimate of drug-likeness (QED) is 0.0463. The number of alkyl carbamates (subject to hydrolysis) is 1. The summed E-state index contributed by atoms with van der Waals surface area (Å²) in [5, 5.41) is 11.3. The van der Waals surface area contributed by atoms with E-state index in [0.29, 0.717) is 11.3 Å². The van der Waals surface area contributed by atoms with Crippen LogP contribution in [0.1, 0.15) is 517 Å².